The summed E-state index contributed by atoms with van der Waals surface area (Å²) in [6, 6.07) is 0. The molecule has 1 fully saturated rings. The lowest BCUT2D eigenvalue weighted by atomic mass is 9.83. The minimum Gasteiger partial charge on any atom is -0.469 e. The average molecular weight is 387 g/mol. The first-order chi connectivity index (χ1) is 11.9. The zero-order chi connectivity index (χ0) is 20.1. The van der Waals surface area contributed by atoms with Crippen molar-refractivity contribution >= 4 is 26.2 Å². The number of rotatable bonds is 7. The second-order valence-corrected chi connectivity index (χ2v) is 12.6. The van der Waals surface area contributed by atoms with Crippen molar-refractivity contribution in [2.24, 2.45) is 11.8 Å². The van der Waals surface area contributed by atoms with Crippen molar-refractivity contribution in [2.45, 2.75) is 51.4 Å². The van der Waals surface area contributed by atoms with E-state index in [1.807, 2.05) is 0 Å². The maximum atomic E-state index is 12.4. The zero-order valence-electron chi connectivity index (χ0n) is 16.5. The van der Waals surface area contributed by atoms with E-state index in [0.717, 1.165) is 0 Å². The van der Waals surface area contributed by atoms with Gasteiger partial charge in [-0.2, -0.15) is 0 Å². The second kappa shape index (κ2) is 8.81. The molecular formula is C18H30O7Si. The Hall–Kier alpha value is -1.67. The molecule has 7 nitrogen and oxygen atoms in total. The van der Waals surface area contributed by atoms with E-state index in [-0.39, 0.29) is 24.7 Å². The molecule has 0 N–H and O–H groups in total. The van der Waals surface area contributed by atoms with Crippen LogP contribution in [0.1, 0.15) is 27.2 Å². The van der Waals surface area contributed by atoms with E-state index in [1.54, 1.807) is 0 Å². The zero-order valence-corrected chi connectivity index (χ0v) is 17.5. The van der Waals surface area contributed by atoms with Gasteiger partial charge < -0.3 is 18.6 Å². The molecule has 1 unspecified atom stereocenters. The van der Waals surface area contributed by atoms with Crippen molar-refractivity contribution in [3.8, 4) is 0 Å². The Bertz CT molecular complexity index is 550. The fourth-order valence-electron chi connectivity index (χ4n) is 2.47. The third-order valence-corrected chi connectivity index (χ3v) is 9.53. The molecule has 0 saturated carbocycles. The third kappa shape index (κ3) is 5.41. The summed E-state index contributed by atoms with van der Waals surface area (Å²) in [6.45, 7) is 13.8. The topological polar surface area (TPSA) is 88.1 Å². The molecule has 3 atom stereocenters. The Labute approximate surface area is 156 Å². The molecule has 1 heterocycles. The van der Waals surface area contributed by atoms with E-state index in [0.29, 0.717) is 0 Å². The minimum absolute atomic E-state index is 0.00174. The molecule has 0 aromatic carbocycles. The van der Waals surface area contributed by atoms with Crippen LogP contribution < -0.4 is 0 Å². The SMILES string of the molecule is C=CCOC(=O)C1C(=O)OC[C@@H](O[Si](C)(C)C(C)(C)C)[C@@H]1CC(=O)OC. The quantitative estimate of drug-likeness (QED) is 0.218. The number of cyclic esters (lactones) is 1. The predicted octanol–water partition coefficient (Wildman–Crippen LogP) is 2.46. The number of methoxy groups -OCH3 is 1. The molecule has 1 aliphatic heterocycles. The summed E-state index contributed by atoms with van der Waals surface area (Å²) < 4.78 is 21.3. The lowest BCUT2D eigenvalue weighted by Crippen LogP contribution is -2.54. The summed E-state index contributed by atoms with van der Waals surface area (Å²) in [6.07, 6.45) is 0.706. The van der Waals surface area contributed by atoms with Gasteiger partial charge in [-0.05, 0) is 18.1 Å². The van der Waals surface area contributed by atoms with E-state index in [2.05, 4.69) is 40.4 Å². The van der Waals surface area contributed by atoms with Crippen LogP contribution in [0.3, 0.4) is 0 Å². The number of esters is 3. The van der Waals surface area contributed by atoms with Gasteiger partial charge in [0, 0.05) is 5.92 Å². The maximum absolute atomic E-state index is 12.4. The standard InChI is InChI=1S/C18H30O7Si/c1-8-9-23-16(20)15-12(10-14(19)22-5)13(11-24-17(15)21)25-26(6,7)18(2,3)4/h8,12-13,15H,1,9-11H2,2-7H3/t12-,13+,15?/m0/s1. The van der Waals surface area contributed by atoms with E-state index in [1.165, 1.54) is 13.2 Å². The van der Waals surface area contributed by atoms with Crippen molar-refractivity contribution < 1.29 is 33.0 Å². The van der Waals surface area contributed by atoms with Gasteiger partial charge in [-0.15, -0.1) is 0 Å². The molecule has 148 valence electrons. The van der Waals surface area contributed by atoms with Crippen LogP contribution in [-0.2, 0) is 33.0 Å². The van der Waals surface area contributed by atoms with Crippen LogP contribution >= 0.6 is 0 Å². The number of hydrogen-bond donors (Lipinski definition) is 0. The van der Waals surface area contributed by atoms with Crippen LogP contribution in [0.4, 0.5) is 0 Å². The Balaban J connectivity index is 3.14. The smallest absolute Gasteiger partial charge is 0.321 e. The summed E-state index contributed by atoms with van der Waals surface area (Å²) in [4.78, 5) is 36.5. The molecular weight excluding hydrogens is 356 g/mol. The van der Waals surface area contributed by atoms with Gasteiger partial charge in [-0.25, -0.2) is 0 Å². The summed E-state index contributed by atoms with van der Waals surface area (Å²) in [5, 5.41) is -0.0802. The molecule has 1 aliphatic rings. The molecule has 0 aliphatic carbocycles. The van der Waals surface area contributed by atoms with Gasteiger partial charge in [0.15, 0.2) is 14.2 Å². The van der Waals surface area contributed by atoms with Gasteiger partial charge in [0.05, 0.1) is 19.6 Å². The molecule has 0 bridgehead atoms. The minimum atomic E-state index is -2.22. The molecule has 0 radical (unpaired) electrons. The highest BCUT2D eigenvalue weighted by molar-refractivity contribution is 6.74. The number of hydrogen-bond acceptors (Lipinski definition) is 7. The Morgan fingerprint density at radius 3 is 2.46 bits per heavy atom. The molecule has 1 saturated heterocycles. The summed E-state index contributed by atoms with van der Waals surface area (Å²) in [7, 11) is -0.957. The number of carbonyl (C=O) groups is 3. The van der Waals surface area contributed by atoms with Crippen molar-refractivity contribution in [3.05, 3.63) is 12.7 Å². The first-order valence-electron chi connectivity index (χ1n) is 8.63. The highest BCUT2D eigenvalue weighted by Crippen LogP contribution is 2.40. The van der Waals surface area contributed by atoms with Gasteiger partial charge in [0.1, 0.15) is 13.2 Å². The van der Waals surface area contributed by atoms with E-state index in [9.17, 15) is 14.4 Å². The van der Waals surface area contributed by atoms with Crippen LogP contribution in [0.25, 0.3) is 0 Å². The normalized spacial score (nSPS) is 23.8. The fourth-order valence-corrected chi connectivity index (χ4v) is 3.82. The number of ether oxygens (including phenoxy) is 3. The molecule has 8 heteroatoms. The highest BCUT2D eigenvalue weighted by atomic mass is 28.4. The molecule has 1 rings (SSSR count). The monoisotopic (exact) mass is 386 g/mol. The van der Waals surface area contributed by atoms with Crippen LogP contribution in [0.5, 0.6) is 0 Å². The van der Waals surface area contributed by atoms with Crippen molar-refractivity contribution in [1.29, 1.82) is 0 Å². The largest absolute Gasteiger partial charge is 0.469 e. The van der Waals surface area contributed by atoms with Gasteiger partial charge in [-0.1, -0.05) is 33.4 Å². The maximum Gasteiger partial charge on any atom is 0.321 e. The first kappa shape index (κ1) is 22.4. The van der Waals surface area contributed by atoms with E-state index in [4.69, 9.17) is 18.6 Å². The van der Waals surface area contributed by atoms with Gasteiger partial charge >= 0.3 is 17.9 Å². The number of carbonyl (C=O) groups excluding carboxylic acids is 3. The molecule has 26 heavy (non-hydrogen) atoms. The fraction of sp³-hybridized carbons (Fsp3) is 0.722. The van der Waals surface area contributed by atoms with Crippen molar-refractivity contribution in [1.82, 2.24) is 0 Å². The van der Waals surface area contributed by atoms with E-state index >= 15 is 0 Å². The van der Waals surface area contributed by atoms with Gasteiger partial charge in [-0.3, -0.25) is 14.4 Å². The van der Waals surface area contributed by atoms with E-state index < -0.39 is 44.2 Å². The van der Waals surface area contributed by atoms with Crippen LogP contribution in [0.2, 0.25) is 18.1 Å². The van der Waals surface area contributed by atoms with Gasteiger partial charge in [0.25, 0.3) is 0 Å². The first-order valence-corrected chi connectivity index (χ1v) is 11.5. The molecule has 0 spiro atoms. The Morgan fingerprint density at radius 2 is 1.96 bits per heavy atom. The average Bonchev–Trinajstić information content (AvgIpc) is 2.53. The van der Waals surface area contributed by atoms with Crippen LogP contribution in [0.15, 0.2) is 12.7 Å². The summed E-state index contributed by atoms with van der Waals surface area (Å²) in [5.41, 5.74) is 0. The second-order valence-electron chi connectivity index (χ2n) is 7.89. The molecule has 0 aromatic rings. The third-order valence-electron chi connectivity index (χ3n) is 5.03. The van der Waals surface area contributed by atoms with Crippen LogP contribution in [0, 0.1) is 11.8 Å². The van der Waals surface area contributed by atoms with Crippen molar-refractivity contribution in [2.75, 3.05) is 20.3 Å². The highest BCUT2D eigenvalue weighted by Gasteiger charge is 2.50. The van der Waals surface area contributed by atoms with Crippen LogP contribution in [-0.4, -0.2) is 52.7 Å². The lowest BCUT2D eigenvalue weighted by Gasteiger charge is -2.43. The Kier molecular flexibility index (Phi) is 7.58. The summed E-state index contributed by atoms with van der Waals surface area (Å²) >= 11 is 0. The molecule has 0 aromatic heterocycles. The lowest BCUT2D eigenvalue weighted by molar-refractivity contribution is -0.179. The summed E-state index contributed by atoms with van der Waals surface area (Å²) in [5.74, 6) is -3.89. The predicted molar refractivity (Wildman–Crippen MR) is 97.8 cm³/mol. The van der Waals surface area contributed by atoms with Gasteiger partial charge in [0.2, 0.25) is 0 Å². The molecule has 0 amide bonds. The Morgan fingerprint density at radius 1 is 1.35 bits per heavy atom. The van der Waals surface area contributed by atoms with Crippen molar-refractivity contribution in [3.63, 3.8) is 0 Å².